The van der Waals surface area contributed by atoms with Gasteiger partial charge in [-0.3, -0.25) is 0 Å². The van der Waals surface area contributed by atoms with E-state index in [-0.39, 0.29) is 12.2 Å². The molecule has 1 aliphatic heterocycles. The lowest BCUT2D eigenvalue weighted by molar-refractivity contribution is -0.00551. The average Bonchev–Trinajstić information content (AvgIpc) is 2.79. The van der Waals surface area contributed by atoms with Crippen molar-refractivity contribution in [1.82, 2.24) is 19.8 Å². The first-order chi connectivity index (χ1) is 9.17. The number of fused-ring (bicyclic) bond motifs is 1. The van der Waals surface area contributed by atoms with Gasteiger partial charge in [0, 0.05) is 19.5 Å². The Labute approximate surface area is 112 Å². The molecule has 1 saturated heterocycles. The average molecular weight is 261 g/mol. The molecule has 0 amide bonds. The molecule has 6 heteroatoms. The van der Waals surface area contributed by atoms with Crippen LogP contribution in [0.15, 0.2) is 12.1 Å². The Morgan fingerprint density at radius 1 is 1.21 bits per heavy atom. The second-order valence-electron chi connectivity index (χ2n) is 5.09. The van der Waals surface area contributed by atoms with Crippen molar-refractivity contribution in [2.45, 2.75) is 39.4 Å². The zero-order chi connectivity index (χ0) is 13.4. The number of hydrogen-bond donors (Lipinski definition) is 0. The molecule has 2 aromatic heterocycles. The lowest BCUT2D eigenvalue weighted by atomic mass is 10.2. The largest absolute Gasteiger partial charge is 0.372 e. The molecule has 0 N–H and O–H groups in total. The SMILES string of the molecule is CCc1nnc2ccc(N3C[C@@H](C)O[C@@H](C)C3)nn12. The van der Waals surface area contributed by atoms with Gasteiger partial charge in [0.15, 0.2) is 11.5 Å². The van der Waals surface area contributed by atoms with Crippen LogP contribution in [0.3, 0.4) is 0 Å². The minimum absolute atomic E-state index is 0.229. The first-order valence-corrected chi connectivity index (χ1v) is 6.79. The molecule has 3 heterocycles. The molecular formula is C13H19N5O. The molecular weight excluding hydrogens is 242 g/mol. The molecule has 0 spiro atoms. The van der Waals surface area contributed by atoms with Gasteiger partial charge in [-0.1, -0.05) is 6.92 Å². The highest BCUT2D eigenvalue weighted by Gasteiger charge is 2.23. The zero-order valence-electron chi connectivity index (χ0n) is 11.6. The van der Waals surface area contributed by atoms with Gasteiger partial charge in [0.25, 0.3) is 0 Å². The van der Waals surface area contributed by atoms with Gasteiger partial charge in [0.2, 0.25) is 0 Å². The van der Waals surface area contributed by atoms with Crippen LogP contribution in [0.25, 0.3) is 5.65 Å². The summed E-state index contributed by atoms with van der Waals surface area (Å²) in [5.74, 6) is 1.86. The molecule has 6 nitrogen and oxygen atoms in total. The number of nitrogens with zero attached hydrogens (tertiary/aromatic N) is 5. The molecule has 102 valence electrons. The van der Waals surface area contributed by atoms with Crippen molar-refractivity contribution in [2.24, 2.45) is 0 Å². The molecule has 2 aromatic rings. The van der Waals surface area contributed by atoms with Gasteiger partial charge < -0.3 is 9.64 Å². The standard InChI is InChI=1S/C13H19N5O/c1-4-11-14-15-12-5-6-13(16-18(11)12)17-7-9(2)19-10(3)8-17/h5-6,9-10H,4,7-8H2,1-3H3/t9-,10+. The van der Waals surface area contributed by atoms with E-state index in [1.165, 1.54) is 0 Å². The second-order valence-corrected chi connectivity index (χ2v) is 5.09. The maximum atomic E-state index is 5.75. The van der Waals surface area contributed by atoms with E-state index in [9.17, 15) is 0 Å². The second kappa shape index (κ2) is 4.77. The van der Waals surface area contributed by atoms with Gasteiger partial charge in [-0.15, -0.1) is 15.3 Å². The van der Waals surface area contributed by atoms with Crippen molar-refractivity contribution in [2.75, 3.05) is 18.0 Å². The molecule has 0 aliphatic carbocycles. The van der Waals surface area contributed by atoms with Crippen LogP contribution in [-0.4, -0.2) is 45.1 Å². The molecule has 0 bridgehead atoms. The third kappa shape index (κ3) is 2.28. The van der Waals surface area contributed by atoms with E-state index in [1.54, 1.807) is 0 Å². The van der Waals surface area contributed by atoms with Crippen LogP contribution in [0.5, 0.6) is 0 Å². The fourth-order valence-corrected chi connectivity index (χ4v) is 2.58. The molecule has 0 radical (unpaired) electrons. The predicted octanol–water partition coefficient (Wildman–Crippen LogP) is 1.30. The Kier molecular flexibility index (Phi) is 3.10. The van der Waals surface area contributed by atoms with Crippen LogP contribution in [-0.2, 0) is 11.2 Å². The quantitative estimate of drug-likeness (QED) is 0.815. The van der Waals surface area contributed by atoms with Gasteiger partial charge in [-0.05, 0) is 26.0 Å². The third-order valence-corrected chi connectivity index (χ3v) is 3.37. The number of aromatic nitrogens is 4. The number of ether oxygens (including phenoxy) is 1. The van der Waals surface area contributed by atoms with E-state index in [4.69, 9.17) is 4.74 Å². The number of rotatable bonds is 2. The molecule has 19 heavy (non-hydrogen) atoms. The normalized spacial score (nSPS) is 24.1. The summed E-state index contributed by atoms with van der Waals surface area (Å²) < 4.78 is 7.59. The van der Waals surface area contributed by atoms with E-state index < -0.39 is 0 Å². The Morgan fingerprint density at radius 2 is 1.95 bits per heavy atom. The summed E-state index contributed by atoms with van der Waals surface area (Å²) in [5.41, 5.74) is 0.801. The summed E-state index contributed by atoms with van der Waals surface area (Å²) in [5, 5.41) is 12.9. The Morgan fingerprint density at radius 3 is 2.63 bits per heavy atom. The van der Waals surface area contributed by atoms with Gasteiger partial charge in [-0.2, -0.15) is 4.52 Å². The highest BCUT2D eigenvalue weighted by Crippen LogP contribution is 2.18. The summed E-state index contributed by atoms with van der Waals surface area (Å²) in [6, 6.07) is 3.98. The van der Waals surface area contributed by atoms with Crippen molar-refractivity contribution in [3.05, 3.63) is 18.0 Å². The van der Waals surface area contributed by atoms with Crippen molar-refractivity contribution < 1.29 is 4.74 Å². The number of morpholine rings is 1. The highest BCUT2D eigenvalue weighted by atomic mass is 16.5. The smallest absolute Gasteiger partial charge is 0.178 e. The van der Waals surface area contributed by atoms with E-state index >= 15 is 0 Å². The third-order valence-electron chi connectivity index (χ3n) is 3.37. The minimum atomic E-state index is 0.229. The molecule has 0 unspecified atom stereocenters. The zero-order valence-corrected chi connectivity index (χ0v) is 11.6. The Balaban J connectivity index is 1.95. The van der Waals surface area contributed by atoms with Crippen molar-refractivity contribution in [1.29, 1.82) is 0 Å². The van der Waals surface area contributed by atoms with Crippen molar-refractivity contribution in [3.63, 3.8) is 0 Å². The lowest BCUT2D eigenvalue weighted by Gasteiger charge is -2.35. The molecule has 1 aliphatic rings. The van der Waals surface area contributed by atoms with E-state index in [0.717, 1.165) is 36.8 Å². The van der Waals surface area contributed by atoms with E-state index in [1.807, 2.05) is 16.6 Å². The highest BCUT2D eigenvalue weighted by molar-refractivity contribution is 5.46. The monoisotopic (exact) mass is 261 g/mol. The maximum Gasteiger partial charge on any atom is 0.178 e. The first kappa shape index (κ1) is 12.3. The predicted molar refractivity (Wildman–Crippen MR) is 72.4 cm³/mol. The van der Waals surface area contributed by atoms with Gasteiger partial charge in [0.1, 0.15) is 5.82 Å². The van der Waals surface area contributed by atoms with Crippen LogP contribution in [0.2, 0.25) is 0 Å². The lowest BCUT2D eigenvalue weighted by Crippen LogP contribution is -2.46. The van der Waals surface area contributed by atoms with Gasteiger partial charge >= 0.3 is 0 Å². The molecule has 0 saturated carbocycles. The minimum Gasteiger partial charge on any atom is -0.372 e. The summed E-state index contributed by atoms with van der Waals surface area (Å²) in [4.78, 5) is 2.26. The molecule has 0 aromatic carbocycles. The Bertz CT molecular complexity index is 571. The number of hydrogen-bond acceptors (Lipinski definition) is 5. The fraction of sp³-hybridized carbons (Fsp3) is 0.615. The van der Waals surface area contributed by atoms with E-state index in [2.05, 4.69) is 41.0 Å². The van der Waals surface area contributed by atoms with Crippen LogP contribution < -0.4 is 4.90 Å². The Hall–Kier alpha value is -1.69. The summed E-state index contributed by atoms with van der Waals surface area (Å²) in [6.07, 6.45) is 1.29. The van der Waals surface area contributed by atoms with Crippen LogP contribution in [0.1, 0.15) is 26.6 Å². The summed E-state index contributed by atoms with van der Waals surface area (Å²) in [7, 11) is 0. The summed E-state index contributed by atoms with van der Waals surface area (Å²) in [6.45, 7) is 7.98. The molecule has 2 atom stereocenters. The number of anilines is 1. The van der Waals surface area contributed by atoms with Crippen molar-refractivity contribution >= 4 is 11.5 Å². The molecule has 1 fully saturated rings. The first-order valence-electron chi connectivity index (χ1n) is 6.79. The topological polar surface area (TPSA) is 55.5 Å². The van der Waals surface area contributed by atoms with Crippen molar-refractivity contribution in [3.8, 4) is 0 Å². The fourth-order valence-electron chi connectivity index (χ4n) is 2.58. The van der Waals surface area contributed by atoms with Crippen LogP contribution in [0.4, 0.5) is 5.82 Å². The van der Waals surface area contributed by atoms with Gasteiger partial charge in [-0.25, -0.2) is 0 Å². The number of aryl methyl sites for hydroxylation is 1. The van der Waals surface area contributed by atoms with E-state index in [0.29, 0.717) is 0 Å². The van der Waals surface area contributed by atoms with Gasteiger partial charge in [0.05, 0.1) is 12.2 Å². The maximum absolute atomic E-state index is 5.75. The van der Waals surface area contributed by atoms with Crippen LogP contribution in [0, 0.1) is 0 Å². The summed E-state index contributed by atoms with van der Waals surface area (Å²) >= 11 is 0. The van der Waals surface area contributed by atoms with Crippen LogP contribution >= 0.6 is 0 Å². The molecule has 3 rings (SSSR count).